The first kappa shape index (κ1) is 14.9. The standard InChI is InChI=1S/C16H25N3O/c1-3-19(12-15-8-4-5-10-17-15)16(20)18-14-9-6-7-13(2)11-14/h6-7,9,11,15,17H,3-5,8,10,12H2,1-2H3,(H,18,20). The van der Waals surface area contributed by atoms with Gasteiger partial charge in [0.2, 0.25) is 0 Å². The number of hydrogen-bond acceptors (Lipinski definition) is 2. The fourth-order valence-electron chi connectivity index (χ4n) is 2.63. The van der Waals surface area contributed by atoms with Crippen LogP contribution in [0.4, 0.5) is 10.5 Å². The SMILES string of the molecule is CCN(CC1CCCCN1)C(=O)Nc1cccc(C)c1. The number of urea groups is 1. The number of piperidine rings is 1. The molecule has 0 radical (unpaired) electrons. The molecule has 1 fully saturated rings. The number of nitrogens with one attached hydrogen (secondary N) is 2. The maximum Gasteiger partial charge on any atom is 0.321 e. The van der Waals surface area contributed by atoms with Gasteiger partial charge in [0.15, 0.2) is 0 Å². The van der Waals surface area contributed by atoms with E-state index < -0.39 is 0 Å². The highest BCUT2D eigenvalue weighted by Gasteiger charge is 2.19. The Morgan fingerprint density at radius 2 is 2.30 bits per heavy atom. The van der Waals surface area contributed by atoms with Crippen LogP contribution in [-0.2, 0) is 0 Å². The summed E-state index contributed by atoms with van der Waals surface area (Å²) in [6.45, 7) is 6.64. The first-order chi connectivity index (χ1) is 9.69. The quantitative estimate of drug-likeness (QED) is 0.887. The second-order valence-corrected chi connectivity index (χ2v) is 5.49. The van der Waals surface area contributed by atoms with Crippen molar-refractivity contribution >= 4 is 11.7 Å². The van der Waals surface area contributed by atoms with E-state index in [1.807, 2.05) is 43.0 Å². The van der Waals surface area contributed by atoms with Crippen LogP contribution in [0.15, 0.2) is 24.3 Å². The van der Waals surface area contributed by atoms with Crippen LogP contribution in [-0.4, -0.2) is 36.6 Å². The van der Waals surface area contributed by atoms with Gasteiger partial charge in [-0.25, -0.2) is 4.79 Å². The number of hydrogen-bond donors (Lipinski definition) is 2. The van der Waals surface area contributed by atoms with E-state index in [9.17, 15) is 4.79 Å². The molecule has 0 saturated carbocycles. The van der Waals surface area contributed by atoms with Crippen molar-refractivity contribution in [2.45, 2.75) is 39.2 Å². The van der Waals surface area contributed by atoms with Crippen LogP contribution in [0.25, 0.3) is 0 Å². The minimum absolute atomic E-state index is 0.00882. The van der Waals surface area contributed by atoms with E-state index in [2.05, 4.69) is 10.6 Å². The molecule has 2 N–H and O–H groups in total. The van der Waals surface area contributed by atoms with Gasteiger partial charge in [0.05, 0.1) is 0 Å². The van der Waals surface area contributed by atoms with E-state index in [1.165, 1.54) is 12.8 Å². The van der Waals surface area contributed by atoms with Crippen LogP contribution in [0, 0.1) is 6.92 Å². The Morgan fingerprint density at radius 3 is 2.95 bits per heavy atom. The maximum atomic E-state index is 12.3. The Bertz CT molecular complexity index is 441. The van der Waals surface area contributed by atoms with Crippen LogP contribution in [0.1, 0.15) is 31.7 Å². The lowest BCUT2D eigenvalue weighted by Crippen LogP contribution is -2.47. The van der Waals surface area contributed by atoms with E-state index in [4.69, 9.17) is 0 Å². The number of rotatable bonds is 4. The Kier molecular flexibility index (Phi) is 5.41. The predicted octanol–water partition coefficient (Wildman–Crippen LogP) is 2.99. The number of benzene rings is 1. The van der Waals surface area contributed by atoms with Crippen molar-refractivity contribution in [1.29, 1.82) is 0 Å². The number of likely N-dealkylation sites (N-methyl/N-ethyl adjacent to an activating group) is 1. The fraction of sp³-hybridized carbons (Fsp3) is 0.562. The van der Waals surface area contributed by atoms with Crippen LogP contribution < -0.4 is 10.6 Å². The summed E-state index contributed by atoms with van der Waals surface area (Å²) in [5.41, 5.74) is 2.02. The Labute approximate surface area is 121 Å². The van der Waals surface area contributed by atoms with Gasteiger partial charge in [0.25, 0.3) is 0 Å². The summed E-state index contributed by atoms with van der Waals surface area (Å²) < 4.78 is 0. The van der Waals surface area contributed by atoms with Crippen molar-refractivity contribution in [2.75, 3.05) is 25.0 Å². The molecule has 1 heterocycles. The van der Waals surface area contributed by atoms with Crippen LogP contribution in [0.2, 0.25) is 0 Å². The molecule has 4 nitrogen and oxygen atoms in total. The van der Waals surface area contributed by atoms with Gasteiger partial charge >= 0.3 is 6.03 Å². The van der Waals surface area contributed by atoms with E-state index in [-0.39, 0.29) is 6.03 Å². The minimum Gasteiger partial charge on any atom is -0.323 e. The third kappa shape index (κ3) is 4.23. The lowest BCUT2D eigenvalue weighted by Gasteiger charge is -2.30. The summed E-state index contributed by atoms with van der Waals surface area (Å²) in [5.74, 6) is 0. The maximum absolute atomic E-state index is 12.3. The second kappa shape index (κ2) is 7.29. The first-order valence-electron chi connectivity index (χ1n) is 7.55. The minimum atomic E-state index is -0.00882. The van der Waals surface area contributed by atoms with Gasteiger partial charge in [0.1, 0.15) is 0 Å². The van der Waals surface area contributed by atoms with Crippen molar-refractivity contribution in [2.24, 2.45) is 0 Å². The molecule has 2 rings (SSSR count). The smallest absolute Gasteiger partial charge is 0.321 e. The van der Waals surface area contributed by atoms with Crippen molar-refractivity contribution in [3.05, 3.63) is 29.8 Å². The van der Waals surface area contributed by atoms with Crippen LogP contribution >= 0.6 is 0 Å². The molecule has 1 aliphatic heterocycles. The molecule has 1 saturated heterocycles. The number of anilines is 1. The predicted molar refractivity (Wildman–Crippen MR) is 83.1 cm³/mol. The summed E-state index contributed by atoms with van der Waals surface area (Å²) in [5, 5.41) is 6.47. The summed E-state index contributed by atoms with van der Waals surface area (Å²) in [6.07, 6.45) is 3.67. The summed E-state index contributed by atoms with van der Waals surface area (Å²) in [6, 6.07) is 8.34. The zero-order chi connectivity index (χ0) is 14.4. The molecule has 0 aliphatic carbocycles. The summed E-state index contributed by atoms with van der Waals surface area (Å²) in [7, 11) is 0. The normalized spacial score (nSPS) is 18.6. The number of carbonyl (C=O) groups excluding carboxylic acids is 1. The molecule has 0 spiro atoms. The Balaban J connectivity index is 1.91. The third-order valence-electron chi connectivity index (χ3n) is 3.79. The van der Waals surface area contributed by atoms with Crippen molar-refractivity contribution in [1.82, 2.24) is 10.2 Å². The molecule has 1 atom stereocenters. The van der Waals surface area contributed by atoms with Gasteiger partial charge < -0.3 is 15.5 Å². The molecule has 0 aromatic heterocycles. The molecule has 110 valence electrons. The Morgan fingerprint density at radius 1 is 1.45 bits per heavy atom. The number of aryl methyl sites for hydroxylation is 1. The number of nitrogens with zero attached hydrogens (tertiary/aromatic N) is 1. The zero-order valence-electron chi connectivity index (χ0n) is 12.5. The van der Waals surface area contributed by atoms with Crippen molar-refractivity contribution in [3.63, 3.8) is 0 Å². The highest BCUT2D eigenvalue weighted by Crippen LogP contribution is 2.12. The van der Waals surface area contributed by atoms with Gasteiger partial charge in [-0.1, -0.05) is 18.6 Å². The average Bonchev–Trinajstić information content (AvgIpc) is 2.45. The van der Waals surface area contributed by atoms with Crippen LogP contribution in [0.3, 0.4) is 0 Å². The topological polar surface area (TPSA) is 44.4 Å². The van der Waals surface area contributed by atoms with Gasteiger partial charge in [-0.3, -0.25) is 0 Å². The molecule has 1 aliphatic rings. The van der Waals surface area contributed by atoms with E-state index in [0.717, 1.165) is 37.3 Å². The number of carbonyl (C=O) groups is 1. The van der Waals surface area contributed by atoms with Gasteiger partial charge in [0, 0.05) is 24.8 Å². The average molecular weight is 275 g/mol. The lowest BCUT2D eigenvalue weighted by molar-refractivity contribution is 0.203. The lowest BCUT2D eigenvalue weighted by atomic mass is 10.0. The van der Waals surface area contributed by atoms with Crippen LogP contribution in [0.5, 0.6) is 0 Å². The molecule has 4 heteroatoms. The van der Waals surface area contributed by atoms with E-state index in [1.54, 1.807) is 0 Å². The molecular formula is C16H25N3O. The highest BCUT2D eigenvalue weighted by atomic mass is 16.2. The molecule has 1 aromatic carbocycles. The highest BCUT2D eigenvalue weighted by molar-refractivity contribution is 5.89. The molecule has 1 aromatic rings. The summed E-state index contributed by atoms with van der Waals surface area (Å²) in [4.78, 5) is 14.2. The molecule has 20 heavy (non-hydrogen) atoms. The molecule has 0 bridgehead atoms. The monoisotopic (exact) mass is 275 g/mol. The van der Waals surface area contributed by atoms with Crippen molar-refractivity contribution in [3.8, 4) is 0 Å². The fourth-order valence-corrected chi connectivity index (χ4v) is 2.63. The van der Waals surface area contributed by atoms with Crippen molar-refractivity contribution < 1.29 is 4.79 Å². The van der Waals surface area contributed by atoms with Gasteiger partial charge in [-0.05, 0) is 50.9 Å². The first-order valence-corrected chi connectivity index (χ1v) is 7.55. The van der Waals surface area contributed by atoms with E-state index in [0.29, 0.717) is 6.04 Å². The zero-order valence-corrected chi connectivity index (χ0v) is 12.5. The Hall–Kier alpha value is -1.55. The number of amides is 2. The summed E-state index contributed by atoms with van der Waals surface area (Å²) >= 11 is 0. The molecular weight excluding hydrogens is 250 g/mol. The second-order valence-electron chi connectivity index (χ2n) is 5.49. The van der Waals surface area contributed by atoms with Gasteiger partial charge in [-0.2, -0.15) is 0 Å². The van der Waals surface area contributed by atoms with Gasteiger partial charge in [-0.15, -0.1) is 0 Å². The largest absolute Gasteiger partial charge is 0.323 e. The third-order valence-corrected chi connectivity index (χ3v) is 3.79. The molecule has 1 unspecified atom stereocenters. The van der Waals surface area contributed by atoms with E-state index >= 15 is 0 Å². The molecule has 2 amide bonds.